The third-order valence-electron chi connectivity index (χ3n) is 1.61. The summed E-state index contributed by atoms with van der Waals surface area (Å²) in [5.74, 6) is 0.626. The molecule has 82 valence electrons. The van der Waals surface area contributed by atoms with Crippen LogP contribution < -0.4 is 0 Å². The maximum atomic E-state index is 5.63. The molecule has 0 aliphatic rings. The van der Waals surface area contributed by atoms with Gasteiger partial charge in [0.25, 0.3) is 0 Å². The van der Waals surface area contributed by atoms with E-state index in [1.54, 1.807) is 6.20 Å². The molecule has 0 aliphatic heterocycles. The van der Waals surface area contributed by atoms with Crippen LogP contribution >= 0.6 is 0 Å². The molecule has 1 heterocycles. The van der Waals surface area contributed by atoms with Crippen LogP contribution in [-0.2, 0) is 4.74 Å². The minimum Gasteiger partial charge on any atom is -0.474 e. The largest absolute Gasteiger partial charge is 0.474 e. The van der Waals surface area contributed by atoms with Crippen molar-refractivity contribution in [3.05, 3.63) is 30.1 Å². The molecule has 1 rings (SSSR count). The molecule has 0 N–H and O–H groups in total. The van der Waals surface area contributed by atoms with Crippen LogP contribution in [0.15, 0.2) is 29.4 Å². The zero-order valence-electron chi connectivity index (χ0n) is 9.77. The molecular weight excluding hydrogens is 188 g/mol. The smallest absolute Gasteiger partial charge is 0.235 e. The molecule has 0 fully saturated rings. The van der Waals surface area contributed by atoms with Gasteiger partial charge in [-0.3, -0.25) is 4.98 Å². The van der Waals surface area contributed by atoms with E-state index in [4.69, 9.17) is 4.74 Å². The Morgan fingerprint density at radius 1 is 1.27 bits per heavy atom. The third-order valence-corrected chi connectivity index (χ3v) is 1.61. The van der Waals surface area contributed by atoms with Gasteiger partial charge in [-0.05, 0) is 39.8 Å². The Bertz CT molecular complexity index is 318. The average Bonchev–Trinajstić information content (AvgIpc) is 2.17. The molecule has 1 aromatic rings. The minimum atomic E-state index is 0.115. The average molecular weight is 206 g/mol. The summed E-state index contributed by atoms with van der Waals surface area (Å²) in [5, 5.41) is 0. The molecule has 3 nitrogen and oxygen atoms in total. The lowest BCUT2D eigenvalue weighted by Crippen LogP contribution is -2.16. The molecule has 0 aliphatic carbocycles. The SMILES string of the molecule is CC(C)N=C(OC(C)C)c1ccccn1. The lowest BCUT2D eigenvalue weighted by Gasteiger charge is -2.12. The van der Waals surface area contributed by atoms with Gasteiger partial charge >= 0.3 is 0 Å². The lowest BCUT2D eigenvalue weighted by atomic mass is 10.3. The van der Waals surface area contributed by atoms with Crippen molar-refractivity contribution >= 4 is 5.90 Å². The van der Waals surface area contributed by atoms with Gasteiger partial charge in [0.1, 0.15) is 5.69 Å². The minimum absolute atomic E-state index is 0.115. The molecule has 0 atom stereocenters. The highest BCUT2D eigenvalue weighted by atomic mass is 16.5. The first-order valence-corrected chi connectivity index (χ1v) is 5.25. The van der Waals surface area contributed by atoms with Crippen LogP contribution in [0.25, 0.3) is 0 Å². The number of aliphatic imine (C=N–C) groups is 1. The predicted octanol–water partition coefficient (Wildman–Crippen LogP) is 2.66. The summed E-state index contributed by atoms with van der Waals surface area (Å²) in [5.41, 5.74) is 0.792. The Hall–Kier alpha value is -1.38. The van der Waals surface area contributed by atoms with Gasteiger partial charge in [0.2, 0.25) is 5.90 Å². The molecular formula is C12H18N2O. The Labute approximate surface area is 91.2 Å². The van der Waals surface area contributed by atoms with Crippen LogP contribution in [0.1, 0.15) is 33.4 Å². The standard InChI is InChI=1S/C12H18N2O/c1-9(2)14-12(15-10(3)4)11-7-5-6-8-13-11/h5-10H,1-4H3. The maximum absolute atomic E-state index is 5.63. The molecule has 0 saturated carbocycles. The number of aromatic nitrogens is 1. The van der Waals surface area contributed by atoms with Gasteiger partial charge in [-0.1, -0.05) is 6.07 Å². The summed E-state index contributed by atoms with van der Waals surface area (Å²) in [7, 11) is 0. The van der Waals surface area contributed by atoms with Gasteiger partial charge in [0, 0.05) is 12.2 Å². The zero-order valence-corrected chi connectivity index (χ0v) is 9.77. The highest BCUT2D eigenvalue weighted by Gasteiger charge is 2.08. The molecule has 0 saturated heterocycles. The summed E-state index contributed by atoms with van der Waals surface area (Å²) in [6.07, 6.45) is 1.86. The van der Waals surface area contributed by atoms with Gasteiger partial charge < -0.3 is 4.74 Å². The highest BCUT2D eigenvalue weighted by molar-refractivity contribution is 5.92. The fraction of sp³-hybridized carbons (Fsp3) is 0.500. The summed E-state index contributed by atoms with van der Waals surface area (Å²) in [6, 6.07) is 5.93. The molecule has 0 radical (unpaired) electrons. The van der Waals surface area contributed by atoms with Crippen molar-refractivity contribution in [2.75, 3.05) is 0 Å². The van der Waals surface area contributed by atoms with E-state index in [1.165, 1.54) is 0 Å². The first-order chi connectivity index (χ1) is 7.09. The fourth-order valence-corrected chi connectivity index (χ4v) is 1.10. The Balaban J connectivity index is 2.92. The van der Waals surface area contributed by atoms with Gasteiger partial charge in [0.15, 0.2) is 0 Å². The molecule has 15 heavy (non-hydrogen) atoms. The van der Waals surface area contributed by atoms with E-state index in [0.29, 0.717) is 5.90 Å². The molecule has 0 amide bonds. The van der Waals surface area contributed by atoms with Crippen molar-refractivity contribution in [3.8, 4) is 0 Å². The van der Waals surface area contributed by atoms with E-state index in [0.717, 1.165) is 5.69 Å². The van der Waals surface area contributed by atoms with Gasteiger partial charge in [0.05, 0.1) is 6.10 Å². The lowest BCUT2D eigenvalue weighted by molar-refractivity contribution is 0.227. The highest BCUT2D eigenvalue weighted by Crippen LogP contribution is 2.04. The van der Waals surface area contributed by atoms with Crippen molar-refractivity contribution in [3.63, 3.8) is 0 Å². The quantitative estimate of drug-likeness (QED) is 0.563. The molecule has 0 spiro atoms. The fourth-order valence-electron chi connectivity index (χ4n) is 1.10. The van der Waals surface area contributed by atoms with Crippen LogP contribution in [0.5, 0.6) is 0 Å². The number of nitrogens with zero attached hydrogens (tertiary/aromatic N) is 2. The van der Waals surface area contributed by atoms with E-state index in [-0.39, 0.29) is 12.1 Å². The van der Waals surface area contributed by atoms with E-state index >= 15 is 0 Å². The first kappa shape index (κ1) is 11.7. The summed E-state index contributed by atoms with van der Waals surface area (Å²) in [4.78, 5) is 8.65. The number of hydrogen-bond donors (Lipinski definition) is 0. The monoisotopic (exact) mass is 206 g/mol. The van der Waals surface area contributed by atoms with Gasteiger partial charge in [-0.15, -0.1) is 0 Å². The second-order valence-corrected chi connectivity index (χ2v) is 3.91. The van der Waals surface area contributed by atoms with E-state index in [1.807, 2.05) is 45.9 Å². The third kappa shape index (κ3) is 4.11. The van der Waals surface area contributed by atoms with Gasteiger partial charge in [-0.25, -0.2) is 4.99 Å². The summed E-state index contributed by atoms with van der Waals surface area (Å²) < 4.78 is 5.63. The molecule has 0 unspecified atom stereocenters. The second kappa shape index (κ2) is 5.49. The van der Waals surface area contributed by atoms with E-state index in [9.17, 15) is 0 Å². The molecule has 3 heteroatoms. The van der Waals surface area contributed by atoms with Crippen molar-refractivity contribution in [1.82, 2.24) is 4.98 Å². The van der Waals surface area contributed by atoms with Crippen LogP contribution in [0.4, 0.5) is 0 Å². The Morgan fingerprint density at radius 2 is 2.00 bits per heavy atom. The second-order valence-electron chi connectivity index (χ2n) is 3.91. The number of ether oxygens (including phenoxy) is 1. The van der Waals surface area contributed by atoms with Crippen LogP contribution in [0.3, 0.4) is 0 Å². The molecule has 0 bridgehead atoms. The molecule has 0 aromatic carbocycles. The Morgan fingerprint density at radius 3 is 2.47 bits per heavy atom. The topological polar surface area (TPSA) is 34.5 Å². The number of hydrogen-bond acceptors (Lipinski definition) is 3. The first-order valence-electron chi connectivity index (χ1n) is 5.25. The van der Waals surface area contributed by atoms with Crippen LogP contribution in [0, 0.1) is 0 Å². The van der Waals surface area contributed by atoms with Crippen molar-refractivity contribution < 1.29 is 4.74 Å². The van der Waals surface area contributed by atoms with Crippen molar-refractivity contribution in [1.29, 1.82) is 0 Å². The number of rotatable bonds is 3. The van der Waals surface area contributed by atoms with Crippen LogP contribution in [0.2, 0.25) is 0 Å². The summed E-state index contributed by atoms with van der Waals surface area (Å²) in [6.45, 7) is 8.01. The van der Waals surface area contributed by atoms with Crippen molar-refractivity contribution in [2.24, 2.45) is 4.99 Å². The van der Waals surface area contributed by atoms with Gasteiger partial charge in [-0.2, -0.15) is 0 Å². The van der Waals surface area contributed by atoms with E-state index in [2.05, 4.69) is 9.98 Å². The Kier molecular flexibility index (Phi) is 4.28. The number of pyridine rings is 1. The molecule has 1 aromatic heterocycles. The zero-order chi connectivity index (χ0) is 11.3. The maximum Gasteiger partial charge on any atom is 0.235 e. The predicted molar refractivity (Wildman–Crippen MR) is 62.1 cm³/mol. The normalized spacial score (nSPS) is 12.3. The van der Waals surface area contributed by atoms with Crippen molar-refractivity contribution in [2.45, 2.75) is 39.8 Å². The van der Waals surface area contributed by atoms with E-state index < -0.39 is 0 Å². The summed E-state index contributed by atoms with van der Waals surface area (Å²) >= 11 is 0. The van der Waals surface area contributed by atoms with Crippen LogP contribution in [-0.4, -0.2) is 23.0 Å².